The van der Waals surface area contributed by atoms with Crippen molar-refractivity contribution in [3.63, 3.8) is 0 Å². The highest BCUT2D eigenvalue weighted by atomic mass is 79.9. The van der Waals surface area contributed by atoms with E-state index in [0.717, 1.165) is 21.1 Å². The molecule has 3 rings (SSSR count). The van der Waals surface area contributed by atoms with Gasteiger partial charge < -0.3 is 9.15 Å². The van der Waals surface area contributed by atoms with Gasteiger partial charge >= 0.3 is 6.08 Å². The maximum Gasteiger partial charge on any atom is 0.400 e. The van der Waals surface area contributed by atoms with Crippen LogP contribution in [-0.2, 0) is 0 Å². The summed E-state index contributed by atoms with van der Waals surface area (Å²) in [5.41, 5.74) is 2.67. The molecular weight excluding hydrogens is 294 g/mol. The van der Waals surface area contributed by atoms with Crippen molar-refractivity contribution in [2.24, 2.45) is 0 Å². The average Bonchev–Trinajstić information content (AvgIpc) is 2.75. The molecule has 0 fully saturated rings. The fourth-order valence-corrected chi connectivity index (χ4v) is 2.25. The van der Waals surface area contributed by atoms with Gasteiger partial charge in [-0.3, -0.25) is 0 Å². The predicted molar refractivity (Wildman–Crippen MR) is 73.0 cm³/mol. The van der Waals surface area contributed by atoms with E-state index in [1.807, 2.05) is 49.4 Å². The second-order valence-electron chi connectivity index (χ2n) is 3.98. The van der Waals surface area contributed by atoms with Crippen LogP contribution in [0.3, 0.4) is 0 Å². The lowest BCUT2D eigenvalue weighted by Gasteiger charge is -2.03. The van der Waals surface area contributed by atoms with E-state index in [9.17, 15) is 0 Å². The Hall–Kier alpha value is -1.81. The summed E-state index contributed by atoms with van der Waals surface area (Å²) in [6, 6.07) is 13.4. The summed E-state index contributed by atoms with van der Waals surface area (Å²) in [5.74, 6) is 0.687. The third kappa shape index (κ3) is 2.11. The van der Waals surface area contributed by atoms with Crippen LogP contribution in [0.1, 0.15) is 5.56 Å². The normalized spacial score (nSPS) is 10.8. The summed E-state index contributed by atoms with van der Waals surface area (Å²) >= 11 is 3.45. The number of aryl methyl sites for hydroxylation is 1. The van der Waals surface area contributed by atoms with E-state index < -0.39 is 0 Å². The monoisotopic (exact) mass is 303 g/mol. The summed E-state index contributed by atoms with van der Waals surface area (Å²) in [5, 5.41) is 0. The third-order valence-corrected chi connectivity index (χ3v) is 3.18. The fraction of sp³-hybridized carbons (Fsp3) is 0.0714. The Kier molecular flexibility index (Phi) is 2.80. The van der Waals surface area contributed by atoms with E-state index in [1.54, 1.807) is 0 Å². The number of aromatic nitrogens is 1. The Morgan fingerprint density at radius 2 is 2.00 bits per heavy atom. The average molecular weight is 304 g/mol. The van der Waals surface area contributed by atoms with Crippen LogP contribution in [-0.4, -0.2) is 4.98 Å². The number of para-hydroxylation sites is 2. The van der Waals surface area contributed by atoms with Gasteiger partial charge in [0, 0.05) is 0 Å². The minimum Gasteiger partial charge on any atom is -0.410 e. The highest BCUT2D eigenvalue weighted by molar-refractivity contribution is 9.10. The number of ether oxygens (including phenoxy) is 1. The Morgan fingerprint density at radius 3 is 2.78 bits per heavy atom. The number of hydrogen-bond acceptors (Lipinski definition) is 3. The highest BCUT2D eigenvalue weighted by Crippen LogP contribution is 2.31. The van der Waals surface area contributed by atoms with Crippen LogP contribution in [0.5, 0.6) is 11.8 Å². The summed E-state index contributed by atoms with van der Waals surface area (Å²) in [6.07, 6.45) is 0.251. The molecule has 0 saturated carbocycles. The smallest absolute Gasteiger partial charge is 0.400 e. The van der Waals surface area contributed by atoms with Crippen molar-refractivity contribution >= 4 is 27.0 Å². The predicted octanol–water partition coefficient (Wildman–Crippen LogP) is 4.69. The largest absolute Gasteiger partial charge is 0.410 e. The Balaban J connectivity index is 1.96. The van der Waals surface area contributed by atoms with Gasteiger partial charge in [-0.15, -0.1) is 0 Å². The maximum atomic E-state index is 5.62. The summed E-state index contributed by atoms with van der Waals surface area (Å²) < 4.78 is 12.0. The van der Waals surface area contributed by atoms with E-state index >= 15 is 0 Å². The Labute approximate surface area is 113 Å². The molecule has 0 saturated heterocycles. The van der Waals surface area contributed by atoms with Crippen LogP contribution in [0.15, 0.2) is 51.4 Å². The first-order valence-electron chi connectivity index (χ1n) is 5.52. The van der Waals surface area contributed by atoms with Crippen LogP contribution in [0, 0.1) is 6.92 Å². The molecule has 3 aromatic rings. The van der Waals surface area contributed by atoms with Crippen molar-refractivity contribution in [2.45, 2.75) is 6.92 Å². The van der Waals surface area contributed by atoms with Gasteiger partial charge in [-0.2, -0.15) is 4.98 Å². The van der Waals surface area contributed by atoms with Crippen LogP contribution < -0.4 is 4.74 Å². The minimum absolute atomic E-state index is 0.251. The molecule has 0 radical (unpaired) electrons. The van der Waals surface area contributed by atoms with Gasteiger partial charge in [0.05, 0.1) is 4.47 Å². The van der Waals surface area contributed by atoms with Gasteiger partial charge in [-0.05, 0) is 52.7 Å². The van der Waals surface area contributed by atoms with Crippen molar-refractivity contribution < 1.29 is 9.15 Å². The van der Waals surface area contributed by atoms with Crippen molar-refractivity contribution in [3.8, 4) is 11.8 Å². The van der Waals surface area contributed by atoms with Gasteiger partial charge in [-0.1, -0.05) is 18.2 Å². The zero-order valence-electron chi connectivity index (χ0n) is 9.68. The van der Waals surface area contributed by atoms with Gasteiger partial charge in [0.15, 0.2) is 5.58 Å². The topological polar surface area (TPSA) is 35.3 Å². The molecule has 1 aromatic heterocycles. The Morgan fingerprint density at radius 1 is 1.17 bits per heavy atom. The molecule has 0 spiro atoms. The van der Waals surface area contributed by atoms with Gasteiger partial charge in [0.2, 0.25) is 0 Å². The molecule has 0 N–H and O–H groups in total. The zero-order valence-corrected chi connectivity index (χ0v) is 11.3. The molecule has 0 bridgehead atoms. The number of hydrogen-bond donors (Lipinski definition) is 0. The first kappa shape index (κ1) is 11.3. The number of rotatable bonds is 2. The van der Waals surface area contributed by atoms with Crippen molar-refractivity contribution in [1.29, 1.82) is 0 Å². The van der Waals surface area contributed by atoms with Crippen molar-refractivity contribution in [3.05, 3.63) is 52.5 Å². The van der Waals surface area contributed by atoms with Crippen LogP contribution in [0.2, 0.25) is 0 Å². The van der Waals surface area contributed by atoms with Crippen LogP contribution >= 0.6 is 15.9 Å². The molecule has 18 heavy (non-hydrogen) atoms. The molecule has 4 heteroatoms. The quantitative estimate of drug-likeness (QED) is 0.689. The van der Waals surface area contributed by atoms with Crippen molar-refractivity contribution in [2.75, 3.05) is 0 Å². The molecule has 1 heterocycles. The van der Waals surface area contributed by atoms with Crippen LogP contribution in [0.25, 0.3) is 11.1 Å². The van der Waals surface area contributed by atoms with E-state index in [1.165, 1.54) is 0 Å². The number of oxazole rings is 1. The second kappa shape index (κ2) is 4.46. The van der Waals surface area contributed by atoms with E-state index in [0.29, 0.717) is 5.75 Å². The molecule has 3 nitrogen and oxygen atoms in total. The maximum absolute atomic E-state index is 5.62. The van der Waals surface area contributed by atoms with Gasteiger partial charge in [0.25, 0.3) is 0 Å². The first-order valence-corrected chi connectivity index (χ1v) is 6.31. The van der Waals surface area contributed by atoms with E-state index in [4.69, 9.17) is 9.15 Å². The molecule has 90 valence electrons. The lowest BCUT2D eigenvalue weighted by molar-refractivity contribution is 0.341. The van der Waals surface area contributed by atoms with Gasteiger partial charge in [0.1, 0.15) is 11.3 Å². The fourth-order valence-electron chi connectivity index (χ4n) is 1.68. The minimum atomic E-state index is 0.251. The van der Waals surface area contributed by atoms with Crippen molar-refractivity contribution in [1.82, 2.24) is 4.98 Å². The first-order chi connectivity index (χ1) is 8.72. The number of halogens is 1. The molecule has 0 aliphatic rings. The standard InChI is InChI=1S/C14H10BrNO2/c1-9-6-7-12(10(15)8-9)17-14-16-11-4-2-3-5-13(11)18-14/h2-8H,1H3. The molecule has 2 aromatic carbocycles. The molecule has 0 aliphatic heterocycles. The zero-order chi connectivity index (χ0) is 12.5. The second-order valence-corrected chi connectivity index (χ2v) is 4.84. The lowest BCUT2D eigenvalue weighted by atomic mass is 10.2. The van der Waals surface area contributed by atoms with Crippen LogP contribution in [0.4, 0.5) is 0 Å². The summed E-state index contributed by atoms with van der Waals surface area (Å²) in [4.78, 5) is 4.26. The third-order valence-electron chi connectivity index (χ3n) is 2.56. The summed E-state index contributed by atoms with van der Waals surface area (Å²) in [6.45, 7) is 2.02. The van der Waals surface area contributed by atoms with E-state index in [2.05, 4.69) is 20.9 Å². The molecule has 0 amide bonds. The van der Waals surface area contributed by atoms with Gasteiger partial charge in [-0.25, -0.2) is 0 Å². The van der Waals surface area contributed by atoms with E-state index in [-0.39, 0.29) is 6.08 Å². The highest BCUT2D eigenvalue weighted by Gasteiger charge is 2.09. The lowest BCUT2D eigenvalue weighted by Crippen LogP contribution is -1.85. The Bertz CT molecular complexity index is 673. The molecule has 0 atom stereocenters. The molecule has 0 unspecified atom stereocenters. The SMILES string of the molecule is Cc1ccc(Oc2nc3ccccc3o2)c(Br)c1. The summed E-state index contributed by atoms with van der Waals surface area (Å²) in [7, 11) is 0. The number of benzene rings is 2. The molecule has 0 aliphatic carbocycles. The number of fused-ring (bicyclic) bond motifs is 1. The molecular formula is C14H10BrNO2. The number of nitrogens with zero attached hydrogens (tertiary/aromatic N) is 1.